The number of nitrogens with two attached hydrogens (primary N) is 1. The monoisotopic (exact) mass is 314 g/mol. The van der Waals surface area contributed by atoms with Gasteiger partial charge < -0.3 is 10.2 Å². The highest BCUT2D eigenvalue weighted by Crippen LogP contribution is 2.25. The van der Waals surface area contributed by atoms with Crippen molar-refractivity contribution in [1.82, 2.24) is 4.31 Å². The van der Waals surface area contributed by atoms with Crippen LogP contribution in [0.1, 0.15) is 11.3 Å². The van der Waals surface area contributed by atoms with Crippen molar-refractivity contribution in [1.29, 1.82) is 0 Å². The molecule has 20 heavy (non-hydrogen) atoms. The van der Waals surface area contributed by atoms with E-state index in [4.69, 9.17) is 21.8 Å². The van der Waals surface area contributed by atoms with Gasteiger partial charge in [-0.15, -0.1) is 0 Å². The lowest BCUT2D eigenvalue weighted by Crippen LogP contribution is -2.26. The quantitative estimate of drug-likeness (QED) is 0.880. The lowest BCUT2D eigenvalue weighted by atomic mass is 10.3. The van der Waals surface area contributed by atoms with Gasteiger partial charge in [0.2, 0.25) is 10.0 Å². The molecular weight excluding hydrogens is 300 g/mol. The van der Waals surface area contributed by atoms with Crippen molar-refractivity contribution in [2.75, 3.05) is 12.8 Å². The normalized spacial score (nSPS) is 12.0. The summed E-state index contributed by atoms with van der Waals surface area (Å²) in [5.41, 5.74) is 6.70. The van der Waals surface area contributed by atoms with E-state index in [0.717, 1.165) is 5.56 Å². The predicted molar refractivity (Wildman–Crippen MR) is 78.0 cm³/mol. The van der Waals surface area contributed by atoms with Crippen LogP contribution >= 0.6 is 11.6 Å². The van der Waals surface area contributed by atoms with Crippen LogP contribution in [0.2, 0.25) is 5.02 Å². The molecule has 108 valence electrons. The van der Waals surface area contributed by atoms with Gasteiger partial charge in [-0.05, 0) is 31.2 Å². The summed E-state index contributed by atoms with van der Waals surface area (Å²) in [6.07, 6.45) is 1.53. The number of halogens is 1. The molecule has 7 heteroatoms. The maximum Gasteiger partial charge on any atom is 0.243 e. The van der Waals surface area contributed by atoms with Gasteiger partial charge in [-0.3, -0.25) is 0 Å². The van der Waals surface area contributed by atoms with E-state index < -0.39 is 10.0 Å². The summed E-state index contributed by atoms with van der Waals surface area (Å²) >= 11 is 5.80. The first-order valence-electron chi connectivity index (χ1n) is 5.86. The van der Waals surface area contributed by atoms with Gasteiger partial charge in [-0.25, -0.2) is 8.42 Å². The number of nitrogen functional groups attached to an aromatic ring is 1. The fourth-order valence-corrected chi connectivity index (χ4v) is 3.06. The second-order valence-corrected chi connectivity index (χ2v) is 6.90. The SMILES string of the molecule is Cc1occc1CN(C)S(=O)(=O)c1ccc(Cl)c(N)c1. The fraction of sp³-hybridized carbons (Fsp3) is 0.231. The highest BCUT2D eigenvalue weighted by molar-refractivity contribution is 7.89. The Labute approximate surface area is 123 Å². The average Bonchev–Trinajstić information content (AvgIpc) is 2.78. The molecule has 2 N–H and O–H groups in total. The van der Waals surface area contributed by atoms with Gasteiger partial charge >= 0.3 is 0 Å². The van der Waals surface area contributed by atoms with E-state index in [1.807, 2.05) is 0 Å². The second kappa shape index (κ2) is 5.47. The van der Waals surface area contributed by atoms with Crippen molar-refractivity contribution in [3.05, 3.63) is 46.9 Å². The first-order valence-corrected chi connectivity index (χ1v) is 7.68. The summed E-state index contributed by atoms with van der Waals surface area (Å²) in [6.45, 7) is 2.02. The van der Waals surface area contributed by atoms with Gasteiger partial charge in [0.1, 0.15) is 5.76 Å². The van der Waals surface area contributed by atoms with Crippen LogP contribution in [0.15, 0.2) is 39.8 Å². The van der Waals surface area contributed by atoms with Crippen molar-refractivity contribution in [2.45, 2.75) is 18.4 Å². The molecule has 0 aliphatic heterocycles. The lowest BCUT2D eigenvalue weighted by Gasteiger charge is -2.17. The number of aryl methyl sites for hydroxylation is 1. The largest absolute Gasteiger partial charge is 0.469 e. The first-order chi connectivity index (χ1) is 9.32. The zero-order valence-electron chi connectivity index (χ0n) is 11.1. The van der Waals surface area contributed by atoms with Crippen molar-refractivity contribution in [2.24, 2.45) is 0 Å². The van der Waals surface area contributed by atoms with Gasteiger partial charge in [-0.2, -0.15) is 4.31 Å². The summed E-state index contributed by atoms with van der Waals surface area (Å²) in [5, 5.41) is 0.331. The maximum atomic E-state index is 12.4. The Bertz CT molecular complexity index is 725. The highest BCUT2D eigenvalue weighted by atomic mass is 35.5. The van der Waals surface area contributed by atoms with Crippen LogP contribution in [-0.2, 0) is 16.6 Å². The van der Waals surface area contributed by atoms with Crippen LogP contribution in [0.3, 0.4) is 0 Å². The van der Waals surface area contributed by atoms with Crippen LogP contribution in [0.4, 0.5) is 5.69 Å². The number of sulfonamides is 1. The number of nitrogens with zero attached hydrogens (tertiary/aromatic N) is 1. The van der Waals surface area contributed by atoms with Crippen LogP contribution < -0.4 is 5.73 Å². The van der Waals surface area contributed by atoms with Crippen molar-refractivity contribution in [3.63, 3.8) is 0 Å². The van der Waals surface area contributed by atoms with Crippen LogP contribution in [0.5, 0.6) is 0 Å². The Balaban J connectivity index is 2.29. The Hall–Kier alpha value is -1.50. The van der Waals surface area contributed by atoms with Gasteiger partial charge in [0.05, 0.1) is 21.9 Å². The number of anilines is 1. The maximum absolute atomic E-state index is 12.4. The molecule has 1 heterocycles. The van der Waals surface area contributed by atoms with E-state index in [1.54, 1.807) is 13.0 Å². The third-order valence-corrected chi connectivity index (χ3v) is 5.18. The molecule has 0 bridgehead atoms. The Morgan fingerprint density at radius 1 is 1.35 bits per heavy atom. The summed E-state index contributed by atoms with van der Waals surface area (Å²) in [6, 6.07) is 6.02. The Morgan fingerprint density at radius 2 is 2.05 bits per heavy atom. The standard InChI is InChI=1S/C13H15ClN2O3S/c1-9-10(5-6-19-9)8-16(2)20(17,18)11-3-4-12(14)13(15)7-11/h3-7H,8,15H2,1-2H3. The van der Waals surface area contributed by atoms with E-state index in [2.05, 4.69) is 0 Å². The van der Waals surface area contributed by atoms with Crippen LogP contribution in [0, 0.1) is 6.92 Å². The van der Waals surface area contributed by atoms with Gasteiger partial charge in [-0.1, -0.05) is 11.6 Å². The molecule has 1 aromatic heterocycles. The third-order valence-electron chi connectivity index (χ3n) is 3.03. The highest BCUT2D eigenvalue weighted by Gasteiger charge is 2.22. The third kappa shape index (κ3) is 2.82. The summed E-state index contributed by atoms with van der Waals surface area (Å²) < 4.78 is 31.3. The molecular formula is C13H15ClN2O3S. The molecule has 0 fully saturated rings. The number of hydrogen-bond acceptors (Lipinski definition) is 4. The zero-order chi connectivity index (χ0) is 14.9. The molecule has 0 saturated carbocycles. The summed E-state index contributed by atoms with van der Waals surface area (Å²) in [7, 11) is -2.11. The molecule has 0 aliphatic rings. The number of benzene rings is 1. The van der Waals surface area contributed by atoms with E-state index in [0.29, 0.717) is 10.8 Å². The van der Waals surface area contributed by atoms with Gasteiger partial charge in [0, 0.05) is 19.2 Å². The second-order valence-electron chi connectivity index (χ2n) is 4.45. The van der Waals surface area contributed by atoms with Crippen molar-refractivity contribution < 1.29 is 12.8 Å². The molecule has 0 spiro atoms. The fourth-order valence-electron chi connectivity index (χ4n) is 1.76. The smallest absolute Gasteiger partial charge is 0.243 e. The topological polar surface area (TPSA) is 76.5 Å². The zero-order valence-corrected chi connectivity index (χ0v) is 12.7. The summed E-state index contributed by atoms with van der Waals surface area (Å²) in [4.78, 5) is 0.114. The van der Waals surface area contributed by atoms with E-state index in [1.165, 1.54) is 35.8 Å². The lowest BCUT2D eigenvalue weighted by molar-refractivity contribution is 0.459. The number of rotatable bonds is 4. The molecule has 2 aromatic rings. The Kier molecular flexibility index (Phi) is 4.08. The predicted octanol–water partition coefficient (Wildman–Crippen LogP) is 2.64. The molecule has 0 amide bonds. The van der Waals surface area contributed by atoms with Gasteiger partial charge in [0.25, 0.3) is 0 Å². The van der Waals surface area contributed by atoms with Crippen LogP contribution in [0.25, 0.3) is 0 Å². The van der Waals surface area contributed by atoms with E-state index in [-0.39, 0.29) is 17.1 Å². The minimum absolute atomic E-state index is 0.114. The molecule has 2 rings (SSSR count). The van der Waals surface area contributed by atoms with E-state index >= 15 is 0 Å². The molecule has 0 saturated heterocycles. The minimum Gasteiger partial charge on any atom is -0.469 e. The average molecular weight is 315 g/mol. The number of hydrogen-bond donors (Lipinski definition) is 1. The molecule has 0 aliphatic carbocycles. The number of furan rings is 1. The minimum atomic E-state index is -3.62. The molecule has 1 aromatic carbocycles. The van der Waals surface area contributed by atoms with Crippen molar-refractivity contribution >= 4 is 27.3 Å². The van der Waals surface area contributed by atoms with E-state index in [9.17, 15) is 8.42 Å². The van der Waals surface area contributed by atoms with Crippen molar-refractivity contribution in [3.8, 4) is 0 Å². The molecule has 0 radical (unpaired) electrons. The van der Waals surface area contributed by atoms with Crippen LogP contribution in [-0.4, -0.2) is 19.8 Å². The molecule has 0 atom stereocenters. The molecule has 0 unspecified atom stereocenters. The van der Waals surface area contributed by atoms with Gasteiger partial charge in [0.15, 0.2) is 0 Å². The Morgan fingerprint density at radius 3 is 2.60 bits per heavy atom. The first kappa shape index (κ1) is 14.9. The summed E-state index contributed by atoms with van der Waals surface area (Å²) in [5.74, 6) is 0.697. The molecule has 5 nitrogen and oxygen atoms in total.